The number of benzene rings is 1. The fourth-order valence-electron chi connectivity index (χ4n) is 7.89. The van der Waals surface area contributed by atoms with E-state index in [2.05, 4.69) is 38.1 Å². The van der Waals surface area contributed by atoms with Crippen LogP contribution in [0.5, 0.6) is 5.75 Å². The molecule has 1 aromatic carbocycles. The van der Waals surface area contributed by atoms with Crippen LogP contribution in [0.4, 0.5) is 0 Å². The Labute approximate surface area is 174 Å². The minimum Gasteiger partial charge on any atom is -0.497 e. The molecule has 0 saturated heterocycles. The highest BCUT2D eigenvalue weighted by Gasteiger charge is 2.62. The minimum absolute atomic E-state index is 0.00776. The Kier molecular flexibility index (Phi) is 4.47. The molecule has 7 atom stereocenters. The Morgan fingerprint density at radius 3 is 2.55 bits per heavy atom. The van der Waals surface area contributed by atoms with Crippen LogP contribution in [0.2, 0.25) is 0 Å². The molecular weight excluding hydrogens is 360 g/mol. The molecule has 3 nitrogen and oxygen atoms in total. The van der Waals surface area contributed by atoms with E-state index in [1.165, 1.54) is 17.6 Å². The van der Waals surface area contributed by atoms with Crippen molar-refractivity contribution in [2.75, 3.05) is 7.11 Å². The van der Waals surface area contributed by atoms with Gasteiger partial charge in [0.15, 0.2) is 5.78 Å². The van der Waals surface area contributed by atoms with E-state index in [1.54, 1.807) is 7.11 Å². The van der Waals surface area contributed by atoms with Gasteiger partial charge < -0.3 is 9.84 Å². The number of aliphatic hydroxyl groups excluding tert-OH is 1. The molecule has 3 heteroatoms. The third-order valence-corrected chi connectivity index (χ3v) is 9.42. The van der Waals surface area contributed by atoms with Gasteiger partial charge in [0.2, 0.25) is 0 Å². The lowest BCUT2D eigenvalue weighted by molar-refractivity contribution is -0.118. The third-order valence-electron chi connectivity index (χ3n) is 9.42. The number of ether oxygens (including phenoxy) is 1. The number of hydrogen-bond donors (Lipinski definition) is 1. The van der Waals surface area contributed by atoms with Crippen molar-refractivity contribution in [3.63, 3.8) is 0 Å². The number of aliphatic hydroxyl groups is 1. The molecule has 1 N–H and O–H groups in total. The molecule has 156 valence electrons. The molecule has 4 aliphatic carbocycles. The van der Waals surface area contributed by atoms with Gasteiger partial charge in [-0.2, -0.15) is 0 Å². The summed E-state index contributed by atoms with van der Waals surface area (Å²) in [6.07, 6.45) is 8.83. The molecule has 3 fully saturated rings. The molecule has 4 aliphatic rings. The maximum Gasteiger partial charge on any atom is 0.155 e. The van der Waals surface area contributed by atoms with Crippen molar-refractivity contribution in [3.05, 3.63) is 41.5 Å². The summed E-state index contributed by atoms with van der Waals surface area (Å²) in [6.45, 7) is 4.78. The number of allylic oxidation sites excluding steroid dienone is 1. The first-order valence-electron chi connectivity index (χ1n) is 11.4. The van der Waals surface area contributed by atoms with Gasteiger partial charge in [0.05, 0.1) is 13.2 Å². The fourth-order valence-corrected chi connectivity index (χ4v) is 7.89. The molecule has 0 spiro atoms. The minimum atomic E-state index is -0.188. The zero-order valence-corrected chi connectivity index (χ0v) is 18.0. The van der Waals surface area contributed by atoms with Crippen molar-refractivity contribution in [3.8, 4) is 5.75 Å². The molecule has 1 aromatic rings. The summed E-state index contributed by atoms with van der Waals surface area (Å²) in [4.78, 5) is 12.2. The molecule has 3 saturated carbocycles. The van der Waals surface area contributed by atoms with Crippen molar-refractivity contribution in [2.45, 2.75) is 70.8 Å². The van der Waals surface area contributed by atoms with Crippen molar-refractivity contribution in [1.29, 1.82) is 0 Å². The number of rotatable bonds is 2. The van der Waals surface area contributed by atoms with Crippen molar-refractivity contribution in [1.82, 2.24) is 0 Å². The number of fused-ring (bicyclic) bond motifs is 5. The van der Waals surface area contributed by atoms with E-state index in [1.807, 2.05) is 6.08 Å². The zero-order chi connectivity index (χ0) is 20.4. The summed E-state index contributed by atoms with van der Waals surface area (Å²) in [7, 11) is 1.71. The third kappa shape index (κ3) is 2.76. The molecule has 0 aliphatic heterocycles. The van der Waals surface area contributed by atoms with Crippen LogP contribution in [0.1, 0.15) is 70.3 Å². The first-order chi connectivity index (χ1) is 13.9. The molecule has 5 rings (SSSR count). The highest BCUT2D eigenvalue weighted by Crippen LogP contribution is 2.68. The van der Waals surface area contributed by atoms with E-state index >= 15 is 0 Å². The quantitative estimate of drug-likeness (QED) is 0.742. The first kappa shape index (κ1) is 19.4. The Morgan fingerprint density at radius 1 is 1.07 bits per heavy atom. The summed E-state index contributed by atoms with van der Waals surface area (Å²) in [5.74, 6) is 3.41. The predicted molar refractivity (Wildman–Crippen MR) is 114 cm³/mol. The van der Waals surface area contributed by atoms with Crippen LogP contribution in [0.3, 0.4) is 0 Å². The number of hydrogen-bond acceptors (Lipinski definition) is 3. The number of carbonyl (C=O) groups is 1. The smallest absolute Gasteiger partial charge is 0.155 e. The van der Waals surface area contributed by atoms with Crippen LogP contribution >= 0.6 is 0 Å². The molecular formula is C26H34O3. The topological polar surface area (TPSA) is 46.5 Å². The van der Waals surface area contributed by atoms with E-state index in [0.29, 0.717) is 35.9 Å². The lowest BCUT2D eigenvalue weighted by Gasteiger charge is -2.61. The number of ketones is 1. The molecule has 0 aromatic heterocycles. The average Bonchev–Trinajstić information content (AvgIpc) is 3.02. The van der Waals surface area contributed by atoms with Gasteiger partial charge in [-0.05, 0) is 96.8 Å². The molecule has 0 radical (unpaired) electrons. The maximum atomic E-state index is 12.2. The lowest BCUT2D eigenvalue weighted by Crippen LogP contribution is -2.54. The normalized spacial score (nSPS) is 43.8. The Bertz CT molecular complexity index is 840. The average molecular weight is 395 g/mol. The Morgan fingerprint density at radius 2 is 1.83 bits per heavy atom. The second kappa shape index (κ2) is 6.70. The van der Waals surface area contributed by atoms with E-state index in [4.69, 9.17) is 4.74 Å². The standard InChI is InChI=1S/C26H34O3/c1-25-13-12-18(27)14-17(25)6-9-20-22-10-11-23(28)26(22,2)15-21(24(20)25)16-4-7-19(29-3)8-5-16/h4-5,7-8,14,20-24,28H,6,9-13,15H2,1-3H3/t20-,21+,22-,23-,24?,25-,26-/m0/s1. The molecule has 0 amide bonds. The van der Waals surface area contributed by atoms with Crippen LogP contribution in [0.25, 0.3) is 0 Å². The number of methoxy groups -OCH3 is 1. The van der Waals surface area contributed by atoms with Crippen LogP contribution in [-0.2, 0) is 4.79 Å². The summed E-state index contributed by atoms with van der Waals surface area (Å²) in [5.41, 5.74) is 2.89. The predicted octanol–water partition coefficient (Wildman–Crippen LogP) is 5.28. The van der Waals surface area contributed by atoms with E-state index in [9.17, 15) is 9.90 Å². The van der Waals surface area contributed by atoms with Gasteiger partial charge in [0.25, 0.3) is 0 Å². The second-order valence-electron chi connectivity index (χ2n) is 10.6. The molecule has 0 heterocycles. The van der Waals surface area contributed by atoms with Gasteiger partial charge in [-0.25, -0.2) is 0 Å². The molecule has 1 unspecified atom stereocenters. The van der Waals surface area contributed by atoms with Gasteiger partial charge in [-0.3, -0.25) is 4.79 Å². The van der Waals surface area contributed by atoms with Gasteiger partial charge in [-0.1, -0.05) is 31.6 Å². The fraction of sp³-hybridized carbons (Fsp3) is 0.654. The SMILES string of the molecule is COc1ccc([C@H]2C[C@]3(C)[C@@H](O)CC[C@H]3[C@@H]3CCC4=CC(=O)CC[C@]4(C)C23)cc1. The van der Waals surface area contributed by atoms with Gasteiger partial charge >= 0.3 is 0 Å². The van der Waals surface area contributed by atoms with E-state index in [-0.39, 0.29) is 16.9 Å². The van der Waals surface area contributed by atoms with Gasteiger partial charge in [0, 0.05) is 6.42 Å². The lowest BCUT2D eigenvalue weighted by atomic mass is 9.44. The van der Waals surface area contributed by atoms with Gasteiger partial charge in [0.1, 0.15) is 5.75 Å². The summed E-state index contributed by atoms with van der Waals surface area (Å²) in [6, 6.07) is 8.63. The van der Waals surface area contributed by atoms with Crippen LogP contribution < -0.4 is 4.74 Å². The highest BCUT2D eigenvalue weighted by molar-refractivity contribution is 5.91. The molecule has 29 heavy (non-hydrogen) atoms. The second-order valence-corrected chi connectivity index (χ2v) is 10.6. The highest BCUT2D eigenvalue weighted by atomic mass is 16.5. The zero-order valence-electron chi connectivity index (χ0n) is 18.0. The van der Waals surface area contributed by atoms with Crippen LogP contribution in [0.15, 0.2) is 35.9 Å². The van der Waals surface area contributed by atoms with Crippen molar-refractivity contribution < 1.29 is 14.6 Å². The van der Waals surface area contributed by atoms with E-state index < -0.39 is 0 Å². The maximum absolute atomic E-state index is 12.2. The summed E-state index contributed by atoms with van der Waals surface area (Å²) < 4.78 is 5.40. The van der Waals surface area contributed by atoms with E-state index in [0.717, 1.165) is 37.9 Å². The van der Waals surface area contributed by atoms with Crippen molar-refractivity contribution in [2.24, 2.45) is 28.6 Å². The van der Waals surface area contributed by atoms with Crippen LogP contribution in [0, 0.1) is 28.6 Å². The Hall–Kier alpha value is -1.61. The molecule has 0 bridgehead atoms. The van der Waals surface area contributed by atoms with Crippen molar-refractivity contribution >= 4 is 5.78 Å². The summed E-state index contributed by atoms with van der Waals surface area (Å²) in [5, 5.41) is 11.0. The number of carbonyl (C=O) groups excluding carboxylic acids is 1. The van der Waals surface area contributed by atoms with Crippen LogP contribution in [-0.4, -0.2) is 24.1 Å². The summed E-state index contributed by atoms with van der Waals surface area (Å²) >= 11 is 0. The van der Waals surface area contributed by atoms with Gasteiger partial charge in [-0.15, -0.1) is 0 Å². The first-order valence-corrected chi connectivity index (χ1v) is 11.4. The monoisotopic (exact) mass is 394 g/mol. The largest absolute Gasteiger partial charge is 0.497 e. The Balaban J connectivity index is 1.62.